The average Bonchev–Trinajstić information content (AvgIpc) is 2.76. The summed E-state index contributed by atoms with van der Waals surface area (Å²) in [4.78, 5) is 8.47. The Morgan fingerprint density at radius 3 is 2.88 bits per heavy atom. The summed E-state index contributed by atoms with van der Waals surface area (Å²) in [5, 5.41) is 0. The van der Waals surface area contributed by atoms with Crippen LogP contribution in [0.15, 0.2) is 30.7 Å². The highest BCUT2D eigenvalue weighted by Crippen LogP contribution is 2.11. The van der Waals surface area contributed by atoms with Gasteiger partial charge in [0.05, 0.1) is 0 Å². The first kappa shape index (κ1) is 11.6. The van der Waals surface area contributed by atoms with Gasteiger partial charge in [0.2, 0.25) is 0 Å². The summed E-state index contributed by atoms with van der Waals surface area (Å²) in [6, 6.07) is 3.94. The highest BCUT2D eigenvalue weighted by atomic mass is 15.1. The van der Waals surface area contributed by atoms with Gasteiger partial charge in [0.25, 0.3) is 0 Å². The number of nitrogens with two attached hydrogens (primary N) is 1. The second-order valence-electron chi connectivity index (χ2n) is 4.08. The summed E-state index contributed by atoms with van der Waals surface area (Å²) in [7, 11) is 0. The van der Waals surface area contributed by atoms with Gasteiger partial charge < -0.3 is 10.3 Å². The van der Waals surface area contributed by atoms with E-state index in [2.05, 4.69) is 21.5 Å². The Morgan fingerprint density at radius 2 is 2.12 bits per heavy atom. The SMILES string of the molecule is CCCn1ccnc1CCc1cccnc1N. The third-order valence-electron chi connectivity index (χ3n) is 2.81. The molecule has 0 aliphatic heterocycles. The lowest BCUT2D eigenvalue weighted by atomic mass is 10.1. The molecule has 90 valence electrons. The van der Waals surface area contributed by atoms with Gasteiger partial charge in [-0.15, -0.1) is 0 Å². The lowest BCUT2D eigenvalue weighted by Crippen LogP contribution is -2.05. The first-order chi connectivity index (χ1) is 8.31. The number of pyridine rings is 1. The number of rotatable bonds is 5. The molecule has 2 aromatic rings. The van der Waals surface area contributed by atoms with Crippen LogP contribution in [0.2, 0.25) is 0 Å². The Kier molecular flexibility index (Phi) is 3.75. The number of hydrogen-bond acceptors (Lipinski definition) is 3. The van der Waals surface area contributed by atoms with Gasteiger partial charge in [-0.05, 0) is 24.5 Å². The highest BCUT2D eigenvalue weighted by Gasteiger charge is 2.04. The monoisotopic (exact) mass is 230 g/mol. The lowest BCUT2D eigenvalue weighted by Gasteiger charge is -2.07. The standard InChI is InChI=1S/C13H18N4/c1-2-9-17-10-8-15-12(17)6-5-11-4-3-7-16-13(11)14/h3-4,7-8,10H,2,5-6,9H2,1H3,(H2,14,16). The third kappa shape index (κ3) is 2.84. The van der Waals surface area contributed by atoms with Crippen molar-refractivity contribution in [1.82, 2.24) is 14.5 Å². The van der Waals surface area contributed by atoms with Gasteiger partial charge in [0, 0.05) is 31.6 Å². The Morgan fingerprint density at radius 1 is 1.24 bits per heavy atom. The van der Waals surface area contributed by atoms with Gasteiger partial charge in [-0.2, -0.15) is 0 Å². The van der Waals surface area contributed by atoms with Crippen LogP contribution in [-0.2, 0) is 19.4 Å². The Balaban J connectivity index is 2.02. The Hall–Kier alpha value is -1.84. The molecule has 0 aliphatic rings. The van der Waals surface area contributed by atoms with Crippen LogP contribution in [0.4, 0.5) is 5.82 Å². The number of anilines is 1. The molecule has 4 heteroatoms. The molecule has 0 unspecified atom stereocenters. The second kappa shape index (κ2) is 5.48. The molecule has 0 aromatic carbocycles. The summed E-state index contributed by atoms with van der Waals surface area (Å²) in [6.07, 6.45) is 8.53. The maximum atomic E-state index is 5.82. The molecule has 2 rings (SSSR count). The molecule has 0 radical (unpaired) electrons. The highest BCUT2D eigenvalue weighted by molar-refractivity contribution is 5.38. The molecule has 0 spiro atoms. The Bertz CT molecular complexity index is 476. The summed E-state index contributed by atoms with van der Waals surface area (Å²) in [5.74, 6) is 1.75. The minimum absolute atomic E-state index is 0.626. The first-order valence-corrected chi connectivity index (χ1v) is 6.00. The van der Waals surface area contributed by atoms with E-state index >= 15 is 0 Å². The van der Waals surface area contributed by atoms with Crippen molar-refractivity contribution in [3.05, 3.63) is 42.1 Å². The van der Waals surface area contributed by atoms with Crippen LogP contribution < -0.4 is 5.73 Å². The van der Waals surface area contributed by atoms with Crippen LogP contribution in [0.1, 0.15) is 24.7 Å². The van der Waals surface area contributed by atoms with E-state index in [9.17, 15) is 0 Å². The quantitative estimate of drug-likeness (QED) is 0.855. The maximum absolute atomic E-state index is 5.82. The van der Waals surface area contributed by atoms with E-state index in [1.54, 1.807) is 6.20 Å². The zero-order valence-corrected chi connectivity index (χ0v) is 10.1. The molecule has 4 nitrogen and oxygen atoms in total. The fourth-order valence-electron chi connectivity index (χ4n) is 1.92. The molecule has 0 saturated heterocycles. The van der Waals surface area contributed by atoms with Gasteiger partial charge in [-0.3, -0.25) is 0 Å². The van der Waals surface area contributed by atoms with E-state index < -0.39 is 0 Å². The van der Waals surface area contributed by atoms with Crippen LogP contribution in [0.5, 0.6) is 0 Å². The number of imidazole rings is 1. The van der Waals surface area contributed by atoms with E-state index in [1.165, 1.54) is 0 Å². The lowest BCUT2D eigenvalue weighted by molar-refractivity contribution is 0.633. The van der Waals surface area contributed by atoms with Crippen molar-refractivity contribution in [3.63, 3.8) is 0 Å². The molecule has 0 saturated carbocycles. The van der Waals surface area contributed by atoms with Crippen molar-refractivity contribution < 1.29 is 0 Å². The predicted molar refractivity (Wildman–Crippen MR) is 68.6 cm³/mol. The summed E-state index contributed by atoms with van der Waals surface area (Å²) in [5.41, 5.74) is 6.91. The minimum atomic E-state index is 0.626. The largest absolute Gasteiger partial charge is 0.383 e. The molecule has 2 aromatic heterocycles. The van der Waals surface area contributed by atoms with E-state index in [0.717, 1.165) is 37.2 Å². The van der Waals surface area contributed by atoms with Crippen LogP contribution in [0, 0.1) is 0 Å². The van der Waals surface area contributed by atoms with Crippen molar-refractivity contribution in [2.24, 2.45) is 0 Å². The van der Waals surface area contributed by atoms with Crippen LogP contribution in [0.3, 0.4) is 0 Å². The smallest absolute Gasteiger partial charge is 0.126 e. The molecule has 2 N–H and O–H groups in total. The summed E-state index contributed by atoms with van der Waals surface area (Å²) in [6.45, 7) is 3.20. The minimum Gasteiger partial charge on any atom is -0.383 e. The van der Waals surface area contributed by atoms with Gasteiger partial charge in [-0.25, -0.2) is 9.97 Å². The van der Waals surface area contributed by atoms with E-state index in [0.29, 0.717) is 5.82 Å². The topological polar surface area (TPSA) is 56.7 Å². The van der Waals surface area contributed by atoms with Gasteiger partial charge in [0.1, 0.15) is 11.6 Å². The summed E-state index contributed by atoms with van der Waals surface area (Å²) >= 11 is 0. The molecule has 0 fully saturated rings. The number of nitrogen functional groups attached to an aromatic ring is 1. The average molecular weight is 230 g/mol. The van der Waals surface area contributed by atoms with Crippen molar-refractivity contribution in [2.75, 3.05) is 5.73 Å². The number of aryl methyl sites for hydroxylation is 3. The van der Waals surface area contributed by atoms with Gasteiger partial charge >= 0.3 is 0 Å². The molecule has 0 bridgehead atoms. The van der Waals surface area contributed by atoms with E-state index in [-0.39, 0.29) is 0 Å². The predicted octanol–water partition coefficient (Wildman–Crippen LogP) is 2.06. The second-order valence-corrected chi connectivity index (χ2v) is 4.08. The third-order valence-corrected chi connectivity index (χ3v) is 2.81. The van der Waals surface area contributed by atoms with Crippen molar-refractivity contribution in [2.45, 2.75) is 32.7 Å². The van der Waals surface area contributed by atoms with E-state index in [1.807, 2.05) is 24.5 Å². The maximum Gasteiger partial charge on any atom is 0.126 e. The van der Waals surface area contributed by atoms with Crippen LogP contribution >= 0.6 is 0 Å². The Labute approximate surface area is 102 Å². The van der Waals surface area contributed by atoms with Crippen LogP contribution in [-0.4, -0.2) is 14.5 Å². The van der Waals surface area contributed by atoms with Crippen molar-refractivity contribution in [3.8, 4) is 0 Å². The van der Waals surface area contributed by atoms with Crippen LogP contribution in [0.25, 0.3) is 0 Å². The van der Waals surface area contributed by atoms with Gasteiger partial charge in [-0.1, -0.05) is 13.0 Å². The molecular formula is C13H18N4. The van der Waals surface area contributed by atoms with Gasteiger partial charge in [0.15, 0.2) is 0 Å². The molecule has 17 heavy (non-hydrogen) atoms. The van der Waals surface area contributed by atoms with Crippen molar-refractivity contribution >= 4 is 5.82 Å². The number of aromatic nitrogens is 3. The van der Waals surface area contributed by atoms with Crippen molar-refractivity contribution in [1.29, 1.82) is 0 Å². The summed E-state index contributed by atoms with van der Waals surface area (Å²) < 4.78 is 2.20. The molecule has 0 atom stereocenters. The number of hydrogen-bond donors (Lipinski definition) is 1. The zero-order chi connectivity index (χ0) is 12.1. The zero-order valence-electron chi connectivity index (χ0n) is 10.1. The first-order valence-electron chi connectivity index (χ1n) is 6.00. The molecule has 0 amide bonds. The normalized spacial score (nSPS) is 10.6. The van der Waals surface area contributed by atoms with E-state index in [4.69, 9.17) is 5.73 Å². The molecular weight excluding hydrogens is 212 g/mol. The fraction of sp³-hybridized carbons (Fsp3) is 0.385. The molecule has 0 aliphatic carbocycles. The number of nitrogens with zero attached hydrogens (tertiary/aromatic N) is 3. The molecule has 2 heterocycles. The fourth-order valence-corrected chi connectivity index (χ4v) is 1.92.